The second kappa shape index (κ2) is 6.01. The van der Waals surface area contributed by atoms with E-state index in [1.165, 1.54) is 16.7 Å². The minimum atomic E-state index is -1.25. The first-order valence-electron chi connectivity index (χ1n) is 6.91. The summed E-state index contributed by atoms with van der Waals surface area (Å²) in [5.41, 5.74) is -0.503. The van der Waals surface area contributed by atoms with Gasteiger partial charge in [0, 0.05) is 24.4 Å². The summed E-state index contributed by atoms with van der Waals surface area (Å²) in [6.45, 7) is 6.72. The molecule has 1 fully saturated rings. The van der Waals surface area contributed by atoms with Crippen LogP contribution in [0.2, 0.25) is 0 Å². The van der Waals surface area contributed by atoms with E-state index in [2.05, 4.69) is 4.98 Å². The lowest BCUT2D eigenvalue weighted by Gasteiger charge is -2.32. The topological polar surface area (TPSA) is 82.6 Å². The van der Waals surface area contributed by atoms with Crippen LogP contribution in [0.1, 0.15) is 55.0 Å². The summed E-state index contributed by atoms with van der Waals surface area (Å²) in [5, 5.41) is 13.0. The highest BCUT2D eigenvalue weighted by Gasteiger charge is 2.28. The minimum absolute atomic E-state index is 0.00966. The van der Waals surface area contributed by atoms with Gasteiger partial charge in [0.1, 0.15) is 5.60 Å². The molecule has 6 nitrogen and oxygen atoms in total. The summed E-state index contributed by atoms with van der Waals surface area (Å²) < 4.78 is 5.34. The van der Waals surface area contributed by atoms with Crippen LogP contribution in [0.4, 0.5) is 4.79 Å². The molecule has 0 saturated carbocycles. The Bertz CT molecular complexity index is 527. The van der Waals surface area contributed by atoms with Crippen molar-refractivity contribution in [2.75, 3.05) is 13.1 Å². The van der Waals surface area contributed by atoms with Crippen LogP contribution in [0, 0.1) is 0 Å². The molecule has 1 aromatic rings. The van der Waals surface area contributed by atoms with E-state index in [-0.39, 0.29) is 17.7 Å². The number of aromatic nitrogens is 1. The molecular formula is C14H19N2O4S-. The number of piperidine rings is 1. The summed E-state index contributed by atoms with van der Waals surface area (Å²) in [6, 6.07) is 0. The molecule has 0 aromatic carbocycles. The van der Waals surface area contributed by atoms with E-state index in [4.69, 9.17) is 4.74 Å². The van der Waals surface area contributed by atoms with Crippen LogP contribution in [0.15, 0.2) is 5.38 Å². The number of hydrogen-bond donors (Lipinski definition) is 0. The molecule has 0 unspecified atom stereocenters. The molecule has 0 aliphatic carbocycles. The maximum absolute atomic E-state index is 12.0. The molecule has 0 spiro atoms. The van der Waals surface area contributed by atoms with Crippen molar-refractivity contribution in [1.82, 2.24) is 9.88 Å². The summed E-state index contributed by atoms with van der Waals surface area (Å²) in [6.07, 6.45) is 1.23. The van der Waals surface area contributed by atoms with Gasteiger partial charge in [0.25, 0.3) is 0 Å². The van der Waals surface area contributed by atoms with Gasteiger partial charge < -0.3 is 19.5 Å². The van der Waals surface area contributed by atoms with Crippen molar-refractivity contribution < 1.29 is 19.4 Å². The van der Waals surface area contributed by atoms with Gasteiger partial charge >= 0.3 is 6.09 Å². The van der Waals surface area contributed by atoms with Crippen LogP contribution < -0.4 is 5.11 Å². The fraction of sp³-hybridized carbons (Fsp3) is 0.643. The molecule has 0 N–H and O–H groups in total. The number of aromatic carboxylic acids is 1. The SMILES string of the molecule is CC(C)(C)OC(=O)N1CCC(c2nc(C(=O)[O-])cs2)CC1. The van der Waals surface area contributed by atoms with E-state index < -0.39 is 11.6 Å². The maximum atomic E-state index is 12.0. The fourth-order valence-corrected chi connectivity index (χ4v) is 3.16. The molecule has 0 atom stereocenters. The molecule has 2 heterocycles. The zero-order valence-corrected chi connectivity index (χ0v) is 13.2. The first kappa shape index (κ1) is 15.8. The molecular weight excluding hydrogens is 292 g/mol. The van der Waals surface area contributed by atoms with Crippen molar-refractivity contribution >= 4 is 23.4 Å². The lowest BCUT2D eigenvalue weighted by atomic mass is 9.98. The highest BCUT2D eigenvalue weighted by atomic mass is 32.1. The first-order chi connectivity index (χ1) is 9.76. The Balaban J connectivity index is 1.90. The van der Waals surface area contributed by atoms with Crippen LogP contribution in [-0.4, -0.2) is 40.6 Å². The van der Waals surface area contributed by atoms with Crippen molar-refractivity contribution in [3.05, 3.63) is 16.1 Å². The van der Waals surface area contributed by atoms with Crippen molar-refractivity contribution in [3.8, 4) is 0 Å². The Kier molecular flexibility index (Phi) is 4.51. The van der Waals surface area contributed by atoms with E-state index in [1.807, 2.05) is 20.8 Å². The van der Waals surface area contributed by atoms with Crippen molar-refractivity contribution in [2.24, 2.45) is 0 Å². The van der Waals surface area contributed by atoms with Gasteiger partial charge in [0.2, 0.25) is 0 Å². The number of rotatable bonds is 2. The molecule has 2 rings (SSSR count). The van der Waals surface area contributed by atoms with Gasteiger partial charge in [-0.2, -0.15) is 0 Å². The summed E-state index contributed by atoms with van der Waals surface area (Å²) in [4.78, 5) is 28.5. The van der Waals surface area contributed by atoms with Crippen LogP contribution in [0.3, 0.4) is 0 Å². The molecule has 1 aliphatic rings. The Morgan fingerprint density at radius 3 is 2.48 bits per heavy atom. The Morgan fingerprint density at radius 2 is 2.00 bits per heavy atom. The van der Waals surface area contributed by atoms with Gasteiger partial charge in [-0.15, -0.1) is 11.3 Å². The number of amides is 1. The number of ether oxygens (including phenoxy) is 1. The standard InChI is InChI=1S/C14H20N2O4S/c1-14(2,3)20-13(19)16-6-4-9(5-7-16)11-15-10(8-21-11)12(17)18/h8-9H,4-7H2,1-3H3,(H,17,18)/p-1. The van der Waals surface area contributed by atoms with Gasteiger partial charge in [-0.25, -0.2) is 9.78 Å². The molecule has 0 bridgehead atoms. The summed E-state index contributed by atoms with van der Waals surface area (Å²) >= 11 is 1.34. The van der Waals surface area contributed by atoms with Crippen molar-refractivity contribution in [1.29, 1.82) is 0 Å². The van der Waals surface area contributed by atoms with Gasteiger partial charge in [-0.05, 0) is 33.6 Å². The molecule has 1 saturated heterocycles. The minimum Gasteiger partial charge on any atom is -0.543 e. The Labute approximate surface area is 127 Å². The predicted molar refractivity (Wildman–Crippen MR) is 76.2 cm³/mol. The fourth-order valence-electron chi connectivity index (χ4n) is 2.20. The number of carboxylic acids is 1. The highest BCUT2D eigenvalue weighted by Crippen LogP contribution is 2.30. The third-order valence-electron chi connectivity index (χ3n) is 3.23. The quantitative estimate of drug-likeness (QED) is 0.829. The average Bonchev–Trinajstić information content (AvgIpc) is 2.86. The molecule has 116 valence electrons. The zero-order valence-electron chi connectivity index (χ0n) is 12.4. The average molecular weight is 311 g/mol. The largest absolute Gasteiger partial charge is 0.543 e. The zero-order chi connectivity index (χ0) is 15.6. The van der Waals surface area contributed by atoms with E-state index in [0.29, 0.717) is 13.1 Å². The summed E-state index contributed by atoms with van der Waals surface area (Å²) in [7, 11) is 0. The van der Waals surface area contributed by atoms with Crippen LogP contribution in [-0.2, 0) is 4.74 Å². The van der Waals surface area contributed by atoms with E-state index in [9.17, 15) is 14.7 Å². The molecule has 1 aromatic heterocycles. The molecule has 0 radical (unpaired) electrons. The highest BCUT2D eigenvalue weighted by molar-refractivity contribution is 7.09. The lowest BCUT2D eigenvalue weighted by Crippen LogP contribution is -2.41. The number of carbonyl (C=O) groups excluding carboxylic acids is 2. The lowest BCUT2D eigenvalue weighted by molar-refractivity contribution is -0.255. The van der Waals surface area contributed by atoms with Gasteiger partial charge in [0.15, 0.2) is 0 Å². The molecule has 1 aliphatic heterocycles. The predicted octanol–water partition coefficient (Wildman–Crippen LogP) is 1.62. The van der Waals surface area contributed by atoms with E-state index in [1.54, 1.807) is 4.90 Å². The van der Waals surface area contributed by atoms with Crippen LogP contribution in [0.5, 0.6) is 0 Å². The van der Waals surface area contributed by atoms with Crippen LogP contribution in [0.25, 0.3) is 0 Å². The number of hydrogen-bond acceptors (Lipinski definition) is 6. The number of carbonyl (C=O) groups is 2. The Morgan fingerprint density at radius 1 is 1.38 bits per heavy atom. The third kappa shape index (κ3) is 4.17. The third-order valence-corrected chi connectivity index (χ3v) is 4.23. The molecule has 1 amide bonds. The monoisotopic (exact) mass is 311 g/mol. The molecule has 21 heavy (non-hydrogen) atoms. The smallest absolute Gasteiger partial charge is 0.410 e. The van der Waals surface area contributed by atoms with Gasteiger partial charge in [0.05, 0.1) is 16.7 Å². The van der Waals surface area contributed by atoms with E-state index >= 15 is 0 Å². The van der Waals surface area contributed by atoms with Gasteiger partial charge in [-0.3, -0.25) is 0 Å². The van der Waals surface area contributed by atoms with Crippen molar-refractivity contribution in [2.45, 2.75) is 45.1 Å². The number of thiazole rings is 1. The summed E-state index contributed by atoms with van der Waals surface area (Å²) in [5.74, 6) is -1.05. The second-order valence-electron chi connectivity index (χ2n) is 6.10. The van der Waals surface area contributed by atoms with Gasteiger partial charge in [-0.1, -0.05) is 0 Å². The number of likely N-dealkylation sites (tertiary alicyclic amines) is 1. The number of carboxylic acid groups (broad SMARTS) is 1. The second-order valence-corrected chi connectivity index (χ2v) is 6.99. The Hall–Kier alpha value is -1.63. The first-order valence-corrected chi connectivity index (χ1v) is 7.79. The van der Waals surface area contributed by atoms with E-state index in [0.717, 1.165) is 17.8 Å². The maximum Gasteiger partial charge on any atom is 0.410 e. The van der Waals surface area contributed by atoms with Crippen molar-refractivity contribution in [3.63, 3.8) is 0 Å². The van der Waals surface area contributed by atoms with Crippen LogP contribution >= 0.6 is 11.3 Å². The molecule has 7 heteroatoms. The number of nitrogens with zero attached hydrogens (tertiary/aromatic N) is 2. The normalized spacial score (nSPS) is 16.8.